The molecule has 2 aliphatic rings. The second-order valence-corrected chi connectivity index (χ2v) is 9.80. The number of carbonyl (C=O) groups is 2. The Morgan fingerprint density at radius 2 is 1.74 bits per heavy atom. The predicted octanol–water partition coefficient (Wildman–Crippen LogP) is 6.26. The molecule has 1 N–H and O–H groups in total. The van der Waals surface area contributed by atoms with Gasteiger partial charge in [0.2, 0.25) is 0 Å². The van der Waals surface area contributed by atoms with E-state index >= 15 is 0 Å². The smallest absolute Gasteiger partial charge is 0.295 e. The van der Waals surface area contributed by atoms with Crippen LogP contribution >= 0.6 is 0 Å². The minimum absolute atomic E-state index is 0.0505. The molecule has 2 fully saturated rings. The summed E-state index contributed by atoms with van der Waals surface area (Å²) in [5.41, 5.74) is 1.16. The number of hydrogen-bond acceptors (Lipinski definition) is 6. The largest absolute Gasteiger partial charge is 0.507 e. The zero-order chi connectivity index (χ0) is 27.2. The highest BCUT2D eigenvalue weighted by atomic mass is 16.5. The first-order valence-corrected chi connectivity index (χ1v) is 13.5. The van der Waals surface area contributed by atoms with E-state index in [2.05, 4.69) is 6.92 Å². The first kappa shape index (κ1) is 26.5. The average Bonchev–Trinajstić information content (AvgIpc) is 3.56. The van der Waals surface area contributed by atoms with Gasteiger partial charge in [-0.15, -0.1) is 0 Å². The summed E-state index contributed by atoms with van der Waals surface area (Å²) in [5, 5.41) is 11.4. The SMILES string of the molecule is CCCCOc1ccc(C(O)=C2C(=O)C(=O)N(CC3CCCO3)C2c2cccc(Oc3ccccc3)c2)cc1. The summed E-state index contributed by atoms with van der Waals surface area (Å²) in [4.78, 5) is 28.2. The molecule has 202 valence electrons. The van der Waals surface area contributed by atoms with Crippen LogP contribution in [0.15, 0.2) is 84.4 Å². The third kappa shape index (κ3) is 5.99. The monoisotopic (exact) mass is 527 g/mol. The minimum Gasteiger partial charge on any atom is -0.507 e. The van der Waals surface area contributed by atoms with Gasteiger partial charge in [0.05, 0.1) is 24.3 Å². The van der Waals surface area contributed by atoms with Crippen molar-refractivity contribution in [2.45, 2.75) is 44.8 Å². The number of aliphatic hydroxyl groups excluding tert-OH is 1. The summed E-state index contributed by atoms with van der Waals surface area (Å²) in [6, 6.07) is 22.8. The van der Waals surface area contributed by atoms with Crippen molar-refractivity contribution < 1.29 is 28.9 Å². The van der Waals surface area contributed by atoms with Crippen LogP contribution in [-0.2, 0) is 14.3 Å². The Balaban J connectivity index is 1.51. The fourth-order valence-corrected chi connectivity index (χ4v) is 4.99. The lowest BCUT2D eigenvalue weighted by Crippen LogP contribution is -2.36. The van der Waals surface area contributed by atoms with Gasteiger partial charge >= 0.3 is 0 Å². The summed E-state index contributed by atoms with van der Waals surface area (Å²) >= 11 is 0. The molecular weight excluding hydrogens is 494 g/mol. The second kappa shape index (κ2) is 12.2. The van der Waals surface area contributed by atoms with E-state index in [1.54, 1.807) is 24.3 Å². The molecule has 1 amide bonds. The molecule has 2 saturated heterocycles. The van der Waals surface area contributed by atoms with Gasteiger partial charge in [0.25, 0.3) is 11.7 Å². The fraction of sp³-hybridized carbons (Fsp3) is 0.312. The van der Waals surface area contributed by atoms with Crippen LogP contribution in [0.3, 0.4) is 0 Å². The maximum atomic E-state index is 13.4. The number of rotatable bonds is 10. The normalized spacial score (nSPS) is 20.4. The number of Topliss-reactive ketones (excluding diaryl/α,β-unsaturated/α-hetero) is 1. The van der Waals surface area contributed by atoms with Crippen molar-refractivity contribution in [1.82, 2.24) is 4.90 Å². The molecule has 0 aromatic heterocycles. The van der Waals surface area contributed by atoms with Gasteiger partial charge in [0, 0.05) is 18.7 Å². The zero-order valence-electron chi connectivity index (χ0n) is 22.0. The number of hydrogen-bond donors (Lipinski definition) is 1. The lowest BCUT2D eigenvalue weighted by atomic mass is 9.95. The Labute approximate surface area is 228 Å². The summed E-state index contributed by atoms with van der Waals surface area (Å²) in [6.07, 6.45) is 3.54. The van der Waals surface area contributed by atoms with Crippen molar-refractivity contribution in [2.75, 3.05) is 19.8 Å². The van der Waals surface area contributed by atoms with Crippen LogP contribution in [0.1, 0.15) is 49.8 Å². The second-order valence-electron chi connectivity index (χ2n) is 9.80. The number of benzene rings is 3. The standard InChI is InChI=1S/C32H33NO6/c1-2-3-18-37-24-16-14-22(15-17-24)30(34)28-29(33(32(36)31(28)35)21-27-13-8-19-38-27)23-9-7-12-26(20-23)39-25-10-5-4-6-11-25/h4-7,9-12,14-17,20,27,29,34H,2-3,8,13,18-19,21H2,1H3. The molecule has 5 rings (SSSR count). The molecule has 0 radical (unpaired) electrons. The van der Waals surface area contributed by atoms with Gasteiger partial charge in [-0.1, -0.05) is 43.7 Å². The molecule has 7 nitrogen and oxygen atoms in total. The number of amides is 1. The molecule has 0 bridgehead atoms. The number of likely N-dealkylation sites (tertiary alicyclic amines) is 1. The number of nitrogens with zero attached hydrogens (tertiary/aromatic N) is 1. The predicted molar refractivity (Wildman–Crippen MR) is 148 cm³/mol. The maximum absolute atomic E-state index is 13.4. The highest BCUT2D eigenvalue weighted by Gasteiger charge is 2.47. The molecule has 2 aliphatic heterocycles. The highest BCUT2D eigenvalue weighted by Crippen LogP contribution is 2.41. The molecule has 2 heterocycles. The number of para-hydroxylation sites is 1. The van der Waals surface area contributed by atoms with Crippen molar-refractivity contribution in [3.8, 4) is 17.2 Å². The van der Waals surface area contributed by atoms with Crippen LogP contribution in [0.25, 0.3) is 5.76 Å². The third-order valence-corrected chi connectivity index (χ3v) is 7.01. The topological polar surface area (TPSA) is 85.3 Å². The number of unbranched alkanes of at least 4 members (excludes halogenated alkanes) is 1. The molecule has 3 aromatic carbocycles. The van der Waals surface area contributed by atoms with E-state index in [1.165, 1.54) is 4.90 Å². The first-order valence-electron chi connectivity index (χ1n) is 13.5. The molecule has 7 heteroatoms. The van der Waals surface area contributed by atoms with E-state index in [4.69, 9.17) is 14.2 Å². The lowest BCUT2D eigenvalue weighted by molar-refractivity contribution is -0.140. The third-order valence-electron chi connectivity index (χ3n) is 7.01. The molecule has 2 atom stereocenters. The van der Waals surface area contributed by atoms with Gasteiger partial charge in [-0.2, -0.15) is 0 Å². The minimum atomic E-state index is -0.783. The highest BCUT2D eigenvalue weighted by molar-refractivity contribution is 6.46. The number of carbonyl (C=O) groups excluding carboxylic acids is 2. The quantitative estimate of drug-likeness (QED) is 0.145. The van der Waals surface area contributed by atoms with Gasteiger partial charge in [0.15, 0.2) is 0 Å². The number of aliphatic hydroxyl groups is 1. The van der Waals surface area contributed by atoms with Crippen molar-refractivity contribution in [3.05, 3.63) is 95.6 Å². The fourth-order valence-electron chi connectivity index (χ4n) is 4.99. The van der Waals surface area contributed by atoms with Gasteiger partial charge in [-0.25, -0.2) is 0 Å². The van der Waals surface area contributed by atoms with E-state index in [1.807, 2.05) is 54.6 Å². The maximum Gasteiger partial charge on any atom is 0.295 e. The first-order chi connectivity index (χ1) is 19.0. The average molecular weight is 528 g/mol. The van der Waals surface area contributed by atoms with Gasteiger partial charge in [-0.05, 0) is 73.4 Å². The molecule has 0 saturated carbocycles. The molecular formula is C32H33NO6. The zero-order valence-corrected chi connectivity index (χ0v) is 22.0. The van der Waals surface area contributed by atoms with E-state index in [0.29, 0.717) is 41.6 Å². The van der Waals surface area contributed by atoms with E-state index in [0.717, 1.165) is 25.7 Å². The van der Waals surface area contributed by atoms with Crippen molar-refractivity contribution in [3.63, 3.8) is 0 Å². The Morgan fingerprint density at radius 3 is 2.46 bits per heavy atom. The summed E-state index contributed by atoms with van der Waals surface area (Å²) in [7, 11) is 0. The molecule has 2 unspecified atom stereocenters. The summed E-state index contributed by atoms with van der Waals surface area (Å²) in [6.45, 7) is 3.60. The van der Waals surface area contributed by atoms with Gasteiger partial charge in [-0.3, -0.25) is 9.59 Å². The lowest BCUT2D eigenvalue weighted by Gasteiger charge is -2.27. The Kier molecular flexibility index (Phi) is 8.27. The Morgan fingerprint density at radius 1 is 0.974 bits per heavy atom. The molecule has 0 aliphatic carbocycles. The van der Waals surface area contributed by atoms with E-state index < -0.39 is 17.7 Å². The molecule has 0 spiro atoms. The van der Waals surface area contributed by atoms with Crippen LogP contribution in [0.2, 0.25) is 0 Å². The van der Waals surface area contributed by atoms with E-state index in [-0.39, 0.29) is 24.0 Å². The van der Waals surface area contributed by atoms with E-state index in [9.17, 15) is 14.7 Å². The van der Waals surface area contributed by atoms with Crippen LogP contribution < -0.4 is 9.47 Å². The van der Waals surface area contributed by atoms with Crippen molar-refractivity contribution in [1.29, 1.82) is 0 Å². The number of ketones is 1. The van der Waals surface area contributed by atoms with Crippen LogP contribution in [0.4, 0.5) is 0 Å². The molecule has 3 aromatic rings. The number of ether oxygens (including phenoxy) is 3. The van der Waals surface area contributed by atoms with Gasteiger partial charge in [0.1, 0.15) is 23.0 Å². The molecule has 39 heavy (non-hydrogen) atoms. The Hall–Kier alpha value is -4.10. The summed E-state index contributed by atoms with van der Waals surface area (Å²) < 4.78 is 17.6. The Bertz CT molecular complexity index is 1330. The van der Waals surface area contributed by atoms with Crippen molar-refractivity contribution in [2.24, 2.45) is 0 Å². The van der Waals surface area contributed by atoms with Crippen LogP contribution in [-0.4, -0.2) is 47.6 Å². The van der Waals surface area contributed by atoms with Crippen LogP contribution in [0.5, 0.6) is 17.2 Å². The van der Waals surface area contributed by atoms with Crippen molar-refractivity contribution >= 4 is 17.4 Å². The van der Waals surface area contributed by atoms with Crippen LogP contribution in [0, 0.1) is 0 Å². The summed E-state index contributed by atoms with van der Waals surface area (Å²) in [5.74, 6) is 0.335. The van der Waals surface area contributed by atoms with Gasteiger partial charge < -0.3 is 24.2 Å².